The van der Waals surface area contributed by atoms with Crippen LogP contribution in [0.3, 0.4) is 0 Å². The summed E-state index contributed by atoms with van der Waals surface area (Å²) < 4.78 is 14.3. The molecular formula is C12H13BrFN3. The fourth-order valence-corrected chi connectivity index (χ4v) is 2.52. The fraction of sp³-hybridized carbons (Fsp3) is 0.417. The first kappa shape index (κ1) is 12.3. The number of piperidine rings is 1. The second-order valence-electron chi connectivity index (χ2n) is 4.22. The summed E-state index contributed by atoms with van der Waals surface area (Å²) in [6, 6.07) is 5.32. The summed E-state index contributed by atoms with van der Waals surface area (Å²) in [7, 11) is 0. The van der Waals surface area contributed by atoms with Gasteiger partial charge in [-0.15, -0.1) is 0 Å². The van der Waals surface area contributed by atoms with Crippen LogP contribution < -0.4 is 10.6 Å². The maximum atomic E-state index is 14.1. The molecule has 17 heavy (non-hydrogen) atoms. The van der Waals surface area contributed by atoms with Crippen LogP contribution in [0.2, 0.25) is 0 Å². The lowest BCUT2D eigenvalue weighted by Gasteiger charge is -2.33. The molecule has 0 bridgehead atoms. The van der Waals surface area contributed by atoms with Crippen LogP contribution in [0.25, 0.3) is 0 Å². The highest BCUT2D eigenvalue weighted by molar-refractivity contribution is 9.10. The molecule has 90 valence electrons. The number of hydrogen-bond acceptors (Lipinski definition) is 3. The average Bonchev–Trinajstić information content (AvgIpc) is 2.32. The van der Waals surface area contributed by atoms with E-state index in [2.05, 4.69) is 15.9 Å². The summed E-state index contributed by atoms with van der Waals surface area (Å²) in [5, 5.41) is 8.81. The Morgan fingerprint density at radius 1 is 1.53 bits per heavy atom. The van der Waals surface area contributed by atoms with Gasteiger partial charge in [-0.25, -0.2) is 4.39 Å². The van der Waals surface area contributed by atoms with Gasteiger partial charge in [-0.3, -0.25) is 0 Å². The molecule has 2 rings (SSSR count). The van der Waals surface area contributed by atoms with E-state index in [0.29, 0.717) is 17.8 Å². The second-order valence-corrected chi connectivity index (χ2v) is 5.01. The molecule has 2 N–H and O–H groups in total. The van der Waals surface area contributed by atoms with Crippen LogP contribution in [0.15, 0.2) is 16.6 Å². The number of nitrogens with two attached hydrogens (primary N) is 1. The maximum Gasteiger partial charge on any atom is 0.161 e. The normalized spacial score (nSPS) is 20.1. The van der Waals surface area contributed by atoms with E-state index < -0.39 is 0 Å². The van der Waals surface area contributed by atoms with Crippen LogP contribution in [-0.2, 0) is 0 Å². The first-order valence-electron chi connectivity index (χ1n) is 5.52. The quantitative estimate of drug-likeness (QED) is 0.866. The highest BCUT2D eigenvalue weighted by Crippen LogP contribution is 2.30. The molecule has 0 unspecified atom stereocenters. The lowest BCUT2D eigenvalue weighted by Crippen LogP contribution is -2.43. The number of anilines is 1. The van der Waals surface area contributed by atoms with Crippen molar-refractivity contribution in [2.45, 2.75) is 18.9 Å². The smallest absolute Gasteiger partial charge is 0.161 e. The lowest BCUT2D eigenvalue weighted by atomic mass is 10.1. The molecule has 1 heterocycles. The van der Waals surface area contributed by atoms with E-state index in [0.717, 1.165) is 19.4 Å². The van der Waals surface area contributed by atoms with E-state index in [1.54, 1.807) is 12.1 Å². The third-order valence-corrected chi connectivity index (χ3v) is 3.76. The molecule has 1 aliphatic heterocycles. The Morgan fingerprint density at radius 3 is 2.94 bits per heavy atom. The van der Waals surface area contributed by atoms with Gasteiger partial charge in [-0.05, 0) is 40.9 Å². The Balaban J connectivity index is 2.33. The van der Waals surface area contributed by atoms with Crippen molar-refractivity contribution in [3.63, 3.8) is 0 Å². The molecule has 1 saturated heterocycles. The zero-order chi connectivity index (χ0) is 12.4. The van der Waals surface area contributed by atoms with Crippen LogP contribution in [0.5, 0.6) is 0 Å². The number of hydrogen-bond donors (Lipinski definition) is 1. The topological polar surface area (TPSA) is 53.0 Å². The van der Waals surface area contributed by atoms with Crippen molar-refractivity contribution in [1.29, 1.82) is 5.26 Å². The molecule has 3 nitrogen and oxygen atoms in total. The van der Waals surface area contributed by atoms with Gasteiger partial charge in [0.25, 0.3) is 0 Å². The number of nitrogens with zero attached hydrogens (tertiary/aromatic N) is 2. The first-order valence-corrected chi connectivity index (χ1v) is 6.31. The van der Waals surface area contributed by atoms with E-state index in [4.69, 9.17) is 11.0 Å². The van der Waals surface area contributed by atoms with Crippen LogP contribution in [0, 0.1) is 17.1 Å². The van der Waals surface area contributed by atoms with E-state index in [1.807, 2.05) is 11.0 Å². The van der Waals surface area contributed by atoms with E-state index in [9.17, 15) is 4.39 Å². The third-order valence-electron chi connectivity index (χ3n) is 2.98. The molecule has 0 radical (unpaired) electrons. The van der Waals surface area contributed by atoms with Crippen molar-refractivity contribution in [2.24, 2.45) is 5.73 Å². The Bertz CT molecular complexity index is 470. The van der Waals surface area contributed by atoms with Crippen LogP contribution in [0.1, 0.15) is 18.4 Å². The summed E-state index contributed by atoms with van der Waals surface area (Å²) in [6.07, 6.45) is 1.95. The van der Waals surface area contributed by atoms with Crippen molar-refractivity contribution in [2.75, 3.05) is 18.0 Å². The predicted octanol–water partition coefficient (Wildman–Crippen LogP) is 2.39. The Hall–Kier alpha value is -1.12. The van der Waals surface area contributed by atoms with Crippen LogP contribution in [-0.4, -0.2) is 19.1 Å². The SMILES string of the molecule is N#Cc1ccc(N2CCC[C@@H](N)C2)c(F)c1Br. The van der Waals surface area contributed by atoms with Crippen molar-refractivity contribution in [1.82, 2.24) is 0 Å². The number of nitriles is 1. The molecule has 1 atom stereocenters. The number of benzene rings is 1. The Kier molecular flexibility index (Phi) is 3.65. The largest absolute Gasteiger partial charge is 0.368 e. The molecule has 0 aliphatic carbocycles. The van der Waals surface area contributed by atoms with Gasteiger partial charge in [-0.1, -0.05) is 0 Å². The Morgan fingerprint density at radius 2 is 2.29 bits per heavy atom. The van der Waals surface area contributed by atoms with Gasteiger partial charge < -0.3 is 10.6 Å². The highest BCUT2D eigenvalue weighted by Gasteiger charge is 2.21. The molecule has 1 aliphatic rings. The predicted molar refractivity (Wildman–Crippen MR) is 68.2 cm³/mol. The zero-order valence-electron chi connectivity index (χ0n) is 9.29. The third kappa shape index (κ3) is 2.43. The van der Waals surface area contributed by atoms with Crippen molar-refractivity contribution in [3.05, 3.63) is 28.0 Å². The van der Waals surface area contributed by atoms with Crippen LogP contribution >= 0.6 is 15.9 Å². The minimum Gasteiger partial charge on any atom is -0.368 e. The summed E-state index contributed by atoms with van der Waals surface area (Å²) in [4.78, 5) is 1.94. The monoisotopic (exact) mass is 297 g/mol. The molecule has 1 fully saturated rings. The first-order chi connectivity index (χ1) is 8.13. The Labute approximate surface area is 108 Å². The lowest BCUT2D eigenvalue weighted by molar-refractivity contribution is 0.497. The average molecular weight is 298 g/mol. The molecule has 0 amide bonds. The van der Waals surface area contributed by atoms with Gasteiger partial charge in [0.2, 0.25) is 0 Å². The van der Waals surface area contributed by atoms with Crippen molar-refractivity contribution < 1.29 is 4.39 Å². The fourth-order valence-electron chi connectivity index (χ4n) is 2.10. The molecule has 1 aromatic rings. The minimum atomic E-state index is -0.377. The van der Waals surface area contributed by atoms with Gasteiger partial charge in [0, 0.05) is 19.1 Å². The van der Waals surface area contributed by atoms with E-state index in [1.165, 1.54) is 0 Å². The summed E-state index contributed by atoms with van der Waals surface area (Å²) in [5.74, 6) is -0.377. The number of halogens is 2. The van der Waals surface area contributed by atoms with E-state index in [-0.39, 0.29) is 16.3 Å². The minimum absolute atomic E-state index is 0.0950. The van der Waals surface area contributed by atoms with E-state index >= 15 is 0 Å². The van der Waals surface area contributed by atoms with Gasteiger partial charge in [-0.2, -0.15) is 5.26 Å². The second kappa shape index (κ2) is 5.03. The summed E-state index contributed by atoms with van der Waals surface area (Å²) in [5.41, 5.74) is 6.71. The van der Waals surface area contributed by atoms with Gasteiger partial charge in [0.15, 0.2) is 5.82 Å². The molecule has 5 heteroatoms. The van der Waals surface area contributed by atoms with Crippen molar-refractivity contribution in [3.8, 4) is 6.07 Å². The van der Waals surface area contributed by atoms with Gasteiger partial charge in [0.05, 0.1) is 15.7 Å². The molecule has 0 spiro atoms. The molecule has 0 saturated carbocycles. The summed E-state index contributed by atoms with van der Waals surface area (Å²) >= 11 is 3.12. The molecule has 0 aromatic heterocycles. The summed E-state index contributed by atoms with van der Waals surface area (Å²) in [6.45, 7) is 1.47. The zero-order valence-corrected chi connectivity index (χ0v) is 10.9. The van der Waals surface area contributed by atoms with Gasteiger partial charge in [0.1, 0.15) is 6.07 Å². The van der Waals surface area contributed by atoms with Crippen LogP contribution in [0.4, 0.5) is 10.1 Å². The molecular weight excluding hydrogens is 285 g/mol. The van der Waals surface area contributed by atoms with Gasteiger partial charge >= 0.3 is 0 Å². The standard InChI is InChI=1S/C12H13BrFN3/c13-11-8(6-15)3-4-10(12(11)14)17-5-1-2-9(16)7-17/h3-4,9H,1-2,5,7,16H2/t9-/m1/s1. The highest BCUT2D eigenvalue weighted by atomic mass is 79.9. The maximum absolute atomic E-state index is 14.1. The molecule has 1 aromatic carbocycles. The van der Waals surface area contributed by atoms with Crippen molar-refractivity contribution >= 4 is 21.6 Å². The number of rotatable bonds is 1.